The van der Waals surface area contributed by atoms with Crippen LogP contribution >= 0.6 is 11.8 Å². The van der Waals surface area contributed by atoms with Gasteiger partial charge in [-0.05, 0) is 45.6 Å². The molecule has 1 saturated heterocycles. The second kappa shape index (κ2) is 9.81. The Balaban J connectivity index is 2.42. The number of hydrogen-bond acceptors (Lipinski definition) is 6. The average Bonchev–Trinajstić information content (AvgIpc) is 2.69. The first-order valence-electron chi connectivity index (χ1n) is 9.79. The van der Waals surface area contributed by atoms with Crippen molar-refractivity contribution in [3.63, 3.8) is 0 Å². The first-order chi connectivity index (χ1) is 14.8. The van der Waals surface area contributed by atoms with E-state index in [0.29, 0.717) is 25.0 Å². The van der Waals surface area contributed by atoms with E-state index >= 15 is 0 Å². The van der Waals surface area contributed by atoms with Gasteiger partial charge >= 0.3 is 12.1 Å². The van der Waals surface area contributed by atoms with Gasteiger partial charge in [0.15, 0.2) is 5.69 Å². The number of hydrogen-bond donors (Lipinski definition) is 1. The van der Waals surface area contributed by atoms with Gasteiger partial charge in [-0.1, -0.05) is 18.7 Å². The van der Waals surface area contributed by atoms with Crippen LogP contribution in [0, 0.1) is 0 Å². The topological polar surface area (TPSA) is 69.6 Å². The van der Waals surface area contributed by atoms with Gasteiger partial charge in [0.25, 0.3) is 0 Å². The van der Waals surface area contributed by atoms with E-state index in [1.807, 2.05) is 38.0 Å². The van der Waals surface area contributed by atoms with E-state index in [2.05, 4.69) is 23.1 Å². The molecule has 174 valence electrons. The van der Waals surface area contributed by atoms with Gasteiger partial charge in [0.1, 0.15) is 5.56 Å². The van der Waals surface area contributed by atoms with Crippen molar-refractivity contribution in [1.82, 2.24) is 14.9 Å². The van der Waals surface area contributed by atoms with Crippen LogP contribution in [-0.2, 0) is 6.18 Å². The molecule has 1 aromatic heterocycles. The summed E-state index contributed by atoms with van der Waals surface area (Å²) < 4.78 is 40.2. The number of aromatic nitrogens is 2. The average molecular weight is 469 g/mol. The molecule has 0 amide bonds. The number of anilines is 1. The molecule has 1 unspecified atom stereocenters. The Morgan fingerprint density at radius 3 is 2.41 bits per heavy atom. The molecule has 1 aliphatic heterocycles. The van der Waals surface area contributed by atoms with Crippen LogP contribution in [0.4, 0.5) is 19.1 Å². The largest absolute Gasteiger partial charge is 0.478 e. The molecule has 0 aliphatic carbocycles. The molecule has 0 saturated carbocycles. The maximum atomic E-state index is 13.4. The maximum Gasteiger partial charge on any atom is 0.434 e. The predicted octanol–water partition coefficient (Wildman–Crippen LogP) is 5.33. The summed E-state index contributed by atoms with van der Waals surface area (Å²) in [5, 5.41) is 9.07. The third kappa shape index (κ3) is 5.35. The zero-order valence-corrected chi connectivity index (χ0v) is 19.6. The smallest absolute Gasteiger partial charge is 0.434 e. The number of alkyl halides is 3. The van der Waals surface area contributed by atoms with Crippen LogP contribution in [0.2, 0.25) is 0 Å². The summed E-state index contributed by atoms with van der Waals surface area (Å²) in [5.74, 6) is -1.91. The molecule has 6 nitrogen and oxygen atoms in total. The minimum atomic E-state index is -4.91. The van der Waals surface area contributed by atoms with E-state index in [1.165, 1.54) is 0 Å². The molecule has 1 aromatic rings. The molecule has 2 rings (SSSR count). The number of piperazine rings is 1. The van der Waals surface area contributed by atoms with Crippen LogP contribution in [0.25, 0.3) is 0 Å². The van der Waals surface area contributed by atoms with Crippen LogP contribution in [0.5, 0.6) is 0 Å². The Morgan fingerprint density at radius 1 is 1.31 bits per heavy atom. The highest BCUT2D eigenvalue weighted by Crippen LogP contribution is 2.34. The van der Waals surface area contributed by atoms with Crippen LogP contribution in [-0.4, -0.2) is 51.3 Å². The number of allylic oxidation sites excluding steroid dienone is 3. The molecule has 1 atom stereocenters. The van der Waals surface area contributed by atoms with E-state index < -0.39 is 29.4 Å². The van der Waals surface area contributed by atoms with Crippen molar-refractivity contribution < 1.29 is 23.1 Å². The van der Waals surface area contributed by atoms with E-state index in [1.54, 1.807) is 23.6 Å². The highest BCUT2D eigenvalue weighted by molar-refractivity contribution is 8.02. The molecule has 32 heavy (non-hydrogen) atoms. The van der Waals surface area contributed by atoms with Gasteiger partial charge in [0.05, 0.1) is 6.04 Å². The lowest BCUT2D eigenvalue weighted by molar-refractivity contribution is -0.141. The highest BCUT2D eigenvalue weighted by Gasteiger charge is 2.39. The molecule has 1 fully saturated rings. The zero-order chi connectivity index (χ0) is 24.4. The second-order valence-corrected chi connectivity index (χ2v) is 8.47. The fourth-order valence-corrected chi connectivity index (χ4v) is 3.93. The lowest BCUT2D eigenvalue weighted by atomic mass is 10.1. The van der Waals surface area contributed by atoms with Crippen molar-refractivity contribution in [3.05, 3.63) is 64.1 Å². The Bertz CT molecular complexity index is 997. The van der Waals surface area contributed by atoms with E-state index in [9.17, 15) is 18.0 Å². The summed E-state index contributed by atoms with van der Waals surface area (Å²) in [6.07, 6.45) is -0.202. The number of rotatable bonds is 6. The molecule has 0 radical (unpaired) electrons. The number of thioether (sulfide) groups is 1. The van der Waals surface area contributed by atoms with Crippen LogP contribution in [0.1, 0.15) is 43.7 Å². The van der Waals surface area contributed by atoms with Gasteiger partial charge in [-0.3, -0.25) is 0 Å². The van der Waals surface area contributed by atoms with Gasteiger partial charge in [-0.25, -0.2) is 14.8 Å². The standard InChI is InChI=1S/C22H27F3N4O2S/c1-12(2)17(10-18(32-7)13(3)4)28-8-9-29(15(6)14(28)5)21-26-11-16(20(30)31)19(27-21)22(23,24)25/h10-11,15H,3,5,8-9H2,1-2,4,6-7H3,(H,30,31)/b18-10+. The summed E-state index contributed by atoms with van der Waals surface area (Å²) >= 11 is 1.58. The molecule has 0 aromatic carbocycles. The molecular weight excluding hydrogens is 441 g/mol. The van der Waals surface area contributed by atoms with Gasteiger partial charge in [-0.15, -0.1) is 11.8 Å². The van der Waals surface area contributed by atoms with Crippen molar-refractivity contribution in [2.24, 2.45) is 0 Å². The van der Waals surface area contributed by atoms with Crippen LogP contribution in [0.3, 0.4) is 0 Å². The lowest BCUT2D eigenvalue weighted by Gasteiger charge is -2.43. The molecule has 2 heterocycles. The third-order valence-corrected chi connectivity index (χ3v) is 6.01. The van der Waals surface area contributed by atoms with Crippen molar-refractivity contribution in [2.75, 3.05) is 24.2 Å². The van der Waals surface area contributed by atoms with E-state index in [4.69, 9.17) is 5.11 Å². The van der Waals surface area contributed by atoms with Gasteiger partial charge < -0.3 is 14.9 Å². The molecule has 0 bridgehead atoms. The SMILES string of the molecule is C=C(C)/C(=C\C(=C(C)C)N1CCN(c2ncc(C(=O)O)c(C(F)(F)F)n2)C(C)C1=C)SC. The monoisotopic (exact) mass is 468 g/mol. The van der Waals surface area contributed by atoms with Crippen molar-refractivity contribution in [3.8, 4) is 0 Å². The van der Waals surface area contributed by atoms with Crippen molar-refractivity contribution in [1.29, 1.82) is 0 Å². The Hall–Kier alpha value is -2.75. The summed E-state index contributed by atoms with van der Waals surface area (Å²) in [4.78, 5) is 23.3. The molecule has 1 N–H and O–H groups in total. The first kappa shape index (κ1) is 25.5. The summed E-state index contributed by atoms with van der Waals surface area (Å²) in [7, 11) is 0. The number of carbonyl (C=O) groups is 1. The minimum absolute atomic E-state index is 0.184. The second-order valence-electron chi connectivity index (χ2n) is 7.63. The zero-order valence-electron chi connectivity index (χ0n) is 18.7. The summed E-state index contributed by atoms with van der Waals surface area (Å²) in [6.45, 7) is 16.6. The van der Waals surface area contributed by atoms with Gasteiger partial charge in [0.2, 0.25) is 5.95 Å². The van der Waals surface area contributed by atoms with Crippen molar-refractivity contribution in [2.45, 2.75) is 39.9 Å². The Kier molecular flexibility index (Phi) is 7.82. The first-order valence-corrected chi connectivity index (χ1v) is 11.0. The van der Waals surface area contributed by atoms with Crippen molar-refractivity contribution >= 4 is 23.7 Å². The molecule has 10 heteroatoms. The van der Waals surface area contributed by atoms with Gasteiger partial charge in [0, 0.05) is 35.6 Å². The quantitative estimate of drug-likeness (QED) is 0.566. The number of carboxylic acids is 1. The lowest BCUT2D eigenvalue weighted by Crippen LogP contribution is -2.50. The summed E-state index contributed by atoms with van der Waals surface area (Å²) in [5.41, 5.74) is 1.17. The number of carboxylic acid groups (broad SMARTS) is 1. The normalized spacial score (nSPS) is 17.4. The molecule has 1 aliphatic rings. The minimum Gasteiger partial charge on any atom is -0.478 e. The predicted molar refractivity (Wildman–Crippen MR) is 121 cm³/mol. The van der Waals surface area contributed by atoms with Crippen LogP contribution < -0.4 is 4.90 Å². The Morgan fingerprint density at radius 2 is 1.94 bits per heavy atom. The van der Waals surface area contributed by atoms with Gasteiger partial charge in [-0.2, -0.15) is 13.2 Å². The number of halogens is 3. The Labute approximate surface area is 190 Å². The molecule has 0 spiro atoms. The van der Waals surface area contributed by atoms with E-state index in [-0.39, 0.29) is 5.95 Å². The summed E-state index contributed by atoms with van der Waals surface area (Å²) in [6, 6.07) is -0.411. The number of aromatic carboxylic acids is 1. The van der Waals surface area contributed by atoms with Crippen LogP contribution in [0.15, 0.2) is 52.9 Å². The number of nitrogens with zero attached hydrogens (tertiary/aromatic N) is 4. The fourth-order valence-electron chi connectivity index (χ4n) is 3.35. The molecular formula is C22H27F3N4O2S. The van der Waals surface area contributed by atoms with E-state index in [0.717, 1.165) is 21.7 Å². The highest BCUT2D eigenvalue weighted by atomic mass is 32.2. The maximum absolute atomic E-state index is 13.4. The fraction of sp³-hybridized carbons (Fsp3) is 0.409. The third-order valence-electron chi connectivity index (χ3n) is 5.10.